The Hall–Kier alpha value is -0.870. The highest BCUT2D eigenvalue weighted by atomic mass is 16.3. The number of nitrogens with one attached hydrogen (secondary N) is 1. The van der Waals surface area contributed by atoms with E-state index in [2.05, 4.69) is 19.2 Å². The maximum atomic E-state index is 12.4. The largest absolute Gasteiger partial charge is 0.394 e. The molecule has 0 bridgehead atoms. The molecule has 4 nitrogen and oxygen atoms in total. The van der Waals surface area contributed by atoms with E-state index in [-0.39, 0.29) is 12.5 Å². The molecule has 0 fully saturated rings. The maximum absolute atomic E-state index is 12.4. The average molecular weight is 720 g/mol. The molecule has 0 saturated heterocycles. The molecule has 0 heterocycles. The molecule has 0 radical (unpaired) electrons. The highest BCUT2D eigenvalue weighted by Crippen LogP contribution is 2.17. The number of carbonyl (C=O) groups excluding carboxylic acids is 1. The third-order valence-electron chi connectivity index (χ3n) is 11.0. The fourth-order valence-electron chi connectivity index (χ4n) is 7.42. The zero-order valence-corrected chi connectivity index (χ0v) is 34.9. The predicted octanol–water partition coefficient (Wildman–Crippen LogP) is 14.6. The topological polar surface area (TPSA) is 69.6 Å². The van der Waals surface area contributed by atoms with Gasteiger partial charge in [-0.3, -0.25) is 4.79 Å². The van der Waals surface area contributed by atoms with E-state index in [0.29, 0.717) is 6.42 Å². The molecular formula is C47H93NO3. The van der Waals surface area contributed by atoms with Crippen molar-refractivity contribution in [3.8, 4) is 0 Å². The lowest BCUT2D eigenvalue weighted by Gasteiger charge is -2.20. The zero-order valence-electron chi connectivity index (χ0n) is 34.9. The lowest BCUT2D eigenvalue weighted by Crippen LogP contribution is -2.45. The second-order valence-electron chi connectivity index (χ2n) is 16.2. The minimum absolute atomic E-state index is 0.0583. The molecule has 2 unspecified atom stereocenters. The first-order chi connectivity index (χ1) is 25.2. The van der Waals surface area contributed by atoms with Crippen molar-refractivity contribution in [3.05, 3.63) is 12.2 Å². The molecule has 4 heteroatoms. The number of aliphatic hydroxyl groups excluding tert-OH is 2. The molecule has 304 valence electrons. The number of aliphatic hydroxyl groups is 2. The number of allylic oxidation sites excluding steroid dienone is 1. The Morgan fingerprint density at radius 2 is 0.725 bits per heavy atom. The summed E-state index contributed by atoms with van der Waals surface area (Å²) in [5, 5.41) is 23.1. The Morgan fingerprint density at radius 1 is 0.451 bits per heavy atom. The van der Waals surface area contributed by atoms with Crippen LogP contribution in [-0.2, 0) is 4.79 Å². The van der Waals surface area contributed by atoms with Crippen molar-refractivity contribution < 1.29 is 15.0 Å². The minimum atomic E-state index is -0.834. The summed E-state index contributed by atoms with van der Waals surface area (Å²) in [5.74, 6) is -0.0583. The van der Waals surface area contributed by atoms with Crippen LogP contribution < -0.4 is 5.32 Å². The number of rotatable bonds is 43. The van der Waals surface area contributed by atoms with Crippen molar-refractivity contribution >= 4 is 5.91 Å². The van der Waals surface area contributed by atoms with Crippen LogP contribution in [0, 0.1) is 0 Å². The summed E-state index contributed by atoms with van der Waals surface area (Å²) < 4.78 is 0. The fraction of sp³-hybridized carbons (Fsp3) is 0.936. The van der Waals surface area contributed by atoms with Crippen LogP contribution in [0.25, 0.3) is 0 Å². The maximum Gasteiger partial charge on any atom is 0.220 e. The van der Waals surface area contributed by atoms with E-state index in [4.69, 9.17) is 0 Å². The third kappa shape index (κ3) is 40.2. The van der Waals surface area contributed by atoms with Gasteiger partial charge in [-0.25, -0.2) is 0 Å². The standard InChI is InChI=1S/C47H93NO3/c1-3-5-7-9-11-13-15-17-19-21-23-25-27-29-31-33-35-37-39-41-43-47(51)48-45(44-49)46(50)42-40-38-36-34-32-30-28-26-24-22-20-18-16-14-12-10-8-6-4-2/h40,42,45-46,49-50H,3-39,41,43-44H2,1-2H3,(H,48,51)/b42-40+. The van der Waals surface area contributed by atoms with Crippen LogP contribution in [0.5, 0.6) is 0 Å². The van der Waals surface area contributed by atoms with Crippen LogP contribution in [0.1, 0.15) is 264 Å². The van der Waals surface area contributed by atoms with Crippen molar-refractivity contribution in [1.29, 1.82) is 0 Å². The van der Waals surface area contributed by atoms with Gasteiger partial charge in [0.2, 0.25) is 5.91 Å². The minimum Gasteiger partial charge on any atom is -0.394 e. The Bertz CT molecular complexity index is 695. The molecule has 3 N–H and O–H groups in total. The van der Waals surface area contributed by atoms with Crippen LogP contribution in [0.15, 0.2) is 12.2 Å². The number of hydrogen-bond donors (Lipinski definition) is 3. The van der Waals surface area contributed by atoms with Crippen molar-refractivity contribution in [1.82, 2.24) is 5.32 Å². The molecule has 1 amide bonds. The van der Waals surface area contributed by atoms with Crippen molar-refractivity contribution in [3.63, 3.8) is 0 Å². The number of unbranched alkanes of at least 4 members (excludes halogenated alkanes) is 36. The predicted molar refractivity (Wildman–Crippen MR) is 226 cm³/mol. The molecule has 0 saturated carbocycles. The highest BCUT2D eigenvalue weighted by Gasteiger charge is 2.18. The highest BCUT2D eigenvalue weighted by molar-refractivity contribution is 5.76. The van der Waals surface area contributed by atoms with E-state index in [9.17, 15) is 15.0 Å². The van der Waals surface area contributed by atoms with Crippen molar-refractivity contribution in [2.24, 2.45) is 0 Å². The van der Waals surface area contributed by atoms with Gasteiger partial charge in [0.15, 0.2) is 0 Å². The van der Waals surface area contributed by atoms with Gasteiger partial charge < -0.3 is 15.5 Å². The summed E-state index contributed by atoms with van der Waals surface area (Å²) in [5.41, 5.74) is 0. The van der Waals surface area contributed by atoms with E-state index in [1.54, 1.807) is 6.08 Å². The van der Waals surface area contributed by atoms with Gasteiger partial charge in [-0.05, 0) is 19.3 Å². The van der Waals surface area contributed by atoms with E-state index in [0.717, 1.165) is 25.7 Å². The molecule has 0 aromatic heterocycles. The summed E-state index contributed by atoms with van der Waals surface area (Å²) in [7, 11) is 0. The van der Waals surface area contributed by atoms with Crippen LogP contribution in [0.3, 0.4) is 0 Å². The van der Waals surface area contributed by atoms with Gasteiger partial charge in [0, 0.05) is 6.42 Å². The summed E-state index contributed by atoms with van der Waals surface area (Å²) in [6, 6.07) is -0.616. The fourth-order valence-corrected chi connectivity index (χ4v) is 7.42. The second-order valence-corrected chi connectivity index (χ2v) is 16.2. The van der Waals surface area contributed by atoms with Crippen LogP contribution in [0.4, 0.5) is 0 Å². The Labute approximate surface area is 320 Å². The van der Waals surface area contributed by atoms with Crippen LogP contribution in [-0.4, -0.2) is 34.9 Å². The van der Waals surface area contributed by atoms with Crippen molar-refractivity contribution in [2.45, 2.75) is 276 Å². The lowest BCUT2D eigenvalue weighted by molar-refractivity contribution is -0.123. The molecule has 0 aromatic rings. The summed E-state index contributed by atoms with van der Waals surface area (Å²) in [6.07, 6.45) is 54.7. The molecule has 2 atom stereocenters. The first-order valence-corrected chi connectivity index (χ1v) is 23.4. The van der Waals surface area contributed by atoms with Gasteiger partial charge >= 0.3 is 0 Å². The van der Waals surface area contributed by atoms with Gasteiger partial charge in [0.05, 0.1) is 18.8 Å². The summed E-state index contributed by atoms with van der Waals surface area (Å²) in [6.45, 7) is 4.34. The summed E-state index contributed by atoms with van der Waals surface area (Å²) >= 11 is 0. The van der Waals surface area contributed by atoms with E-state index < -0.39 is 12.1 Å². The number of amides is 1. The molecule has 0 spiro atoms. The smallest absolute Gasteiger partial charge is 0.220 e. The average Bonchev–Trinajstić information content (AvgIpc) is 3.13. The quantitative estimate of drug-likeness (QED) is 0.0434. The Kier molecular flexibility index (Phi) is 42.8. The van der Waals surface area contributed by atoms with E-state index in [1.165, 1.54) is 218 Å². The van der Waals surface area contributed by atoms with Crippen LogP contribution >= 0.6 is 0 Å². The van der Waals surface area contributed by atoms with E-state index >= 15 is 0 Å². The molecule has 0 aliphatic carbocycles. The van der Waals surface area contributed by atoms with Crippen LogP contribution in [0.2, 0.25) is 0 Å². The van der Waals surface area contributed by atoms with Crippen molar-refractivity contribution in [2.75, 3.05) is 6.61 Å². The monoisotopic (exact) mass is 720 g/mol. The van der Waals surface area contributed by atoms with E-state index in [1.807, 2.05) is 6.08 Å². The Morgan fingerprint density at radius 3 is 1.02 bits per heavy atom. The van der Waals surface area contributed by atoms with Gasteiger partial charge in [0.25, 0.3) is 0 Å². The molecule has 0 aliphatic rings. The molecule has 0 rings (SSSR count). The number of carbonyl (C=O) groups is 1. The molecule has 51 heavy (non-hydrogen) atoms. The van der Waals surface area contributed by atoms with Gasteiger partial charge in [0.1, 0.15) is 0 Å². The Balaban J connectivity index is 3.51. The van der Waals surface area contributed by atoms with Gasteiger partial charge in [-0.2, -0.15) is 0 Å². The molecule has 0 aromatic carbocycles. The number of hydrogen-bond acceptors (Lipinski definition) is 3. The SMILES string of the molecule is CCCCCCCCCCCCCCCCCCC/C=C/C(O)C(CO)NC(=O)CCCCCCCCCCCCCCCCCCCCCC. The lowest BCUT2D eigenvalue weighted by atomic mass is 10.0. The normalized spacial score (nSPS) is 12.9. The second kappa shape index (κ2) is 43.5. The third-order valence-corrected chi connectivity index (χ3v) is 11.0. The first kappa shape index (κ1) is 50.1. The zero-order chi connectivity index (χ0) is 37.1. The molecular weight excluding hydrogens is 627 g/mol. The molecule has 0 aliphatic heterocycles. The van der Waals surface area contributed by atoms with Gasteiger partial charge in [-0.1, -0.05) is 251 Å². The summed E-state index contributed by atoms with van der Waals surface area (Å²) in [4.78, 5) is 12.4. The van der Waals surface area contributed by atoms with Gasteiger partial charge in [-0.15, -0.1) is 0 Å². The first-order valence-electron chi connectivity index (χ1n) is 23.4.